The predicted octanol–water partition coefficient (Wildman–Crippen LogP) is 4.95. The minimum Gasteiger partial charge on any atom is -0.362 e. The highest BCUT2D eigenvalue weighted by atomic mass is 35.5. The van der Waals surface area contributed by atoms with Crippen LogP contribution in [-0.2, 0) is 6.42 Å². The normalized spacial score (nSPS) is 12.3. The molecule has 2 nitrogen and oxygen atoms in total. The van der Waals surface area contributed by atoms with Gasteiger partial charge in [-0.25, -0.2) is 0 Å². The fourth-order valence-corrected chi connectivity index (χ4v) is 1.71. The lowest BCUT2D eigenvalue weighted by atomic mass is 10.1. The van der Waals surface area contributed by atoms with E-state index < -0.39 is 0 Å². The van der Waals surface area contributed by atoms with Crippen LogP contribution in [0.3, 0.4) is 0 Å². The zero-order valence-corrected chi connectivity index (χ0v) is 13.5. The largest absolute Gasteiger partial charge is 0.362 e. The van der Waals surface area contributed by atoms with Gasteiger partial charge >= 0.3 is 0 Å². The Kier molecular flexibility index (Phi) is 10.2. The van der Waals surface area contributed by atoms with Crippen LogP contribution in [0.1, 0.15) is 32.8 Å². The number of terminal acetylenes is 1. The van der Waals surface area contributed by atoms with Crippen LogP contribution in [0.15, 0.2) is 35.0 Å². The number of hydrogen-bond donors (Lipinski definition) is 1. The first-order valence-corrected chi connectivity index (χ1v) is 6.91. The van der Waals surface area contributed by atoms with E-state index in [1.807, 2.05) is 25.1 Å². The third-order valence-corrected chi connectivity index (χ3v) is 2.82. The van der Waals surface area contributed by atoms with Crippen molar-refractivity contribution in [2.24, 2.45) is 4.99 Å². The van der Waals surface area contributed by atoms with E-state index in [4.69, 9.17) is 11.6 Å². The number of hydrogen-bond acceptors (Lipinski definition) is 2. The highest BCUT2D eigenvalue weighted by Gasteiger charge is 2.06. The fourth-order valence-electron chi connectivity index (χ4n) is 1.51. The smallest absolute Gasteiger partial charge is 0.0413 e. The van der Waals surface area contributed by atoms with Crippen molar-refractivity contribution in [3.63, 3.8) is 0 Å². The average molecular weight is 291 g/mol. The average Bonchev–Trinajstić information content (AvgIpc) is 2.62. The second-order valence-electron chi connectivity index (χ2n) is 4.24. The summed E-state index contributed by atoms with van der Waals surface area (Å²) >= 11 is 5.92. The fraction of sp³-hybridized carbons (Fsp3) is 0.353. The Morgan fingerprint density at radius 1 is 1.40 bits per heavy atom. The second kappa shape index (κ2) is 11.1. The van der Waals surface area contributed by atoms with Crippen molar-refractivity contribution < 1.29 is 0 Å². The number of aryl methyl sites for hydroxylation is 1. The SMILES string of the molecule is C#CC.CC1=CNc2ccc(Cl)cc2CC1.CC=NC. The molecule has 1 aromatic rings. The van der Waals surface area contributed by atoms with E-state index in [9.17, 15) is 0 Å². The van der Waals surface area contributed by atoms with Crippen LogP contribution in [0, 0.1) is 12.3 Å². The maximum absolute atomic E-state index is 5.92. The van der Waals surface area contributed by atoms with E-state index in [2.05, 4.69) is 35.8 Å². The Labute approximate surface area is 128 Å². The summed E-state index contributed by atoms with van der Waals surface area (Å²) in [4.78, 5) is 3.61. The summed E-state index contributed by atoms with van der Waals surface area (Å²) in [5.41, 5.74) is 3.87. The first kappa shape index (κ1) is 18.3. The van der Waals surface area contributed by atoms with E-state index in [1.165, 1.54) is 16.8 Å². The van der Waals surface area contributed by atoms with Gasteiger partial charge in [-0.1, -0.05) is 17.2 Å². The molecule has 108 valence electrons. The number of halogens is 1. The molecule has 1 aliphatic rings. The summed E-state index contributed by atoms with van der Waals surface area (Å²) in [6, 6.07) is 5.99. The lowest BCUT2D eigenvalue weighted by molar-refractivity contribution is 0.953. The molecule has 0 spiro atoms. The number of fused-ring (bicyclic) bond motifs is 1. The molecule has 1 aliphatic heterocycles. The van der Waals surface area contributed by atoms with Crippen LogP contribution < -0.4 is 5.32 Å². The van der Waals surface area contributed by atoms with E-state index in [1.54, 1.807) is 20.2 Å². The summed E-state index contributed by atoms with van der Waals surface area (Å²) in [6.45, 7) is 5.68. The summed E-state index contributed by atoms with van der Waals surface area (Å²) in [5, 5.41) is 4.10. The number of aliphatic imine (C=N–C) groups is 1. The van der Waals surface area contributed by atoms with Crippen molar-refractivity contribution in [3.05, 3.63) is 40.6 Å². The van der Waals surface area contributed by atoms with Crippen LogP contribution in [0.25, 0.3) is 0 Å². The molecule has 1 heterocycles. The molecule has 2 rings (SSSR count). The zero-order valence-electron chi connectivity index (χ0n) is 12.7. The van der Waals surface area contributed by atoms with Crippen molar-refractivity contribution in [1.29, 1.82) is 0 Å². The molecule has 0 aliphatic carbocycles. The molecule has 20 heavy (non-hydrogen) atoms. The Bertz CT molecular complexity index is 492. The van der Waals surface area contributed by atoms with Crippen molar-refractivity contribution in [2.45, 2.75) is 33.6 Å². The molecule has 0 aromatic heterocycles. The molecule has 0 radical (unpaired) electrons. The molecule has 0 atom stereocenters. The van der Waals surface area contributed by atoms with Crippen molar-refractivity contribution in [1.82, 2.24) is 0 Å². The first-order valence-electron chi connectivity index (χ1n) is 6.53. The summed E-state index contributed by atoms with van der Waals surface area (Å²) in [5.74, 6) is 2.25. The maximum Gasteiger partial charge on any atom is 0.0413 e. The lowest BCUT2D eigenvalue weighted by Gasteiger charge is -2.05. The number of rotatable bonds is 0. The van der Waals surface area contributed by atoms with Crippen molar-refractivity contribution >= 4 is 23.5 Å². The van der Waals surface area contributed by atoms with Gasteiger partial charge in [0.1, 0.15) is 0 Å². The predicted molar refractivity (Wildman–Crippen MR) is 91.7 cm³/mol. The van der Waals surface area contributed by atoms with Crippen LogP contribution in [0.4, 0.5) is 5.69 Å². The number of nitrogens with zero attached hydrogens (tertiary/aromatic N) is 1. The van der Waals surface area contributed by atoms with E-state index in [0.29, 0.717) is 0 Å². The third kappa shape index (κ3) is 7.66. The lowest BCUT2D eigenvalue weighted by Crippen LogP contribution is -1.90. The molecule has 1 aromatic carbocycles. The second-order valence-corrected chi connectivity index (χ2v) is 4.68. The molecule has 0 saturated heterocycles. The highest BCUT2D eigenvalue weighted by Crippen LogP contribution is 2.25. The third-order valence-electron chi connectivity index (χ3n) is 2.59. The topological polar surface area (TPSA) is 24.4 Å². The first-order chi connectivity index (χ1) is 9.58. The van der Waals surface area contributed by atoms with E-state index in [0.717, 1.165) is 17.9 Å². The molecule has 0 bridgehead atoms. The highest BCUT2D eigenvalue weighted by molar-refractivity contribution is 6.30. The quantitative estimate of drug-likeness (QED) is 0.531. The molecule has 0 amide bonds. The zero-order chi connectivity index (χ0) is 15.4. The van der Waals surface area contributed by atoms with Crippen molar-refractivity contribution in [3.8, 4) is 12.3 Å². The number of benzene rings is 1. The molecule has 0 unspecified atom stereocenters. The van der Waals surface area contributed by atoms with Crippen LogP contribution in [0.5, 0.6) is 0 Å². The van der Waals surface area contributed by atoms with Gasteiger partial charge in [-0.3, -0.25) is 0 Å². The monoisotopic (exact) mass is 290 g/mol. The molecular formula is C17H23ClN2. The minimum absolute atomic E-state index is 0.820. The van der Waals surface area contributed by atoms with Crippen LogP contribution >= 0.6 is 11.6 Å². The summed E-state index contributed by atoms with van der Waals surface area (Å²) < 4.78 is 0. The van der Waals surface area contributed by atoms with Gasteiger partial charge in [-0.05, 0) is 69.8 Å². The van der Waals surface area contributed by atoms with Crippen LogP contribution in [-0.4, -0.2) is 13.3 Å². The number of nitrogens with one attached hydrogen (secondary N) is 1. The maximum atomic E-state index is 5.92. The Hall–Kier alpha value is -1.72. The summed E-state index contributed by atoms with van der Waals surface area (Å²) in [6.07, 6.45) is 10.6. The van der Waals surface area contributed by atoms with Gasteiger partial charge in [-0.15, -0.1) is 12.3 Å². The molecule has 0 saturated carbocycles. The van der Waals surface area contributed by atoms with Gasteiger partial charge in [0, 0.05) is 17.8 Å². The number of allylic oxidation sites excluding steroid dienone is 1. The van der Waals surface area contributed by atoms with Gasteiger partial charge in [0.2, 0.25) is 0 Å². The molecular weight excluding hydrogens is 268 g/mol. The summed E-state index contributed by atoms with van der Waals surface area (Å²) in [7, 11) is 1.75. The number of anilines is 1. The van der Waals surface area contributed by atoms with Crippen LogP contribution in [0.2, 0.25) is 5.02 Å². The van der Waals surface area contributed by atoms with Gasteiger partial charge in [0.25, 0.3) is 0 Å². The van der Waals surface area contributed by atoms with Gasteiger partial charge in [0.05, 0.1) is 0 Å². The Balaban J connectivity index is 0.000000438. The van der Waals surface area contributed by atoms with Crippen molar-refractivity contribution in [2.75, 3.05) is 12.4 Å². The van der Waals surface area contributed by atoms with E-state index in [-0.39, 0.29) is 0 Å². The molecule has 3 heteroatoms. The molecule has 0 fully saturated rings. The van der Waals surface area contributed by atoms with Gasteiger partial charge in [0.15, 0.2) is 0 Å². The minimum atomic E-state index is 0.820. The standard InChI is InChI=1S/C11H12ClN.C3H7N.C3H4/c1-8-2-3-9-6-10(12)4-5-11(9)13-7-8;1-3-4-2;1-3-2/h4-7,13H,2-3H2,1H3;3H,1-2H3;1H,2H3. The van der Waals surface area contributed by atoms with Gasteiger partial charge < -0.3 is 10.3 Å². The molecule has 1 N–H and O–H groups in total. The van der Waals surface area contributed by atoms with E-state index >= 15 is 0 Å². The van der Waals surface area contributed by atoms with Gasteiger partial charge in [-0.2, -0.15) is 0 Å². The Morgan fingerprint density at radius 2 is 2.00 bits per heavy atom. The Morgan fingerprint density at radius 3 is 2.55 bits per heavy atom.